The van der Waals surface area contributed by atoms with Crippen LogP contribution < -0.4 is 5.32 Å². The summed E-state index contributed by atoms with van der Waals surface area (Å²) >= 11 is 1.67. The van der Waals surface area contributed by atoms with E-state index in [4.69, 9.17) is 0 Å². The number of carbonyl (C=O) groups is 1. The number of halogens is 2. The van der Waals surface area contributed by atoms with Crippen molar-refractivity contribution in [3.63, 3.8) is 0 Å². The summed E-state index contributed by atoms with van der Waals surface area (Å²) in [6, 6.07) is 1.82. The first kappa shape index (κ1) is 14.2. The van der Waals surface area contributed by atoms with Gasteiger partial charge in [-0.15, -0.1) is 11.3 Å². The van der Waals surface area contributed by atoms with Crippen molar-refractivity contribution < 1.29 is 13.6 Å². The third-order valence-electron chi connectivity index (χ3n) is 3.38. The van der Waals surface area contributed by atoms with Crippen LogP contribution in [0.25, 0.3) is 0 Å². The lowest BCUT2D eigenvalue weighted by Crippen LogP contribution is -2.47. The summed E-state index contributed by atoms with van der Waals surface area (Å²) in [5.74, 6) is -2.61. The number of piperidine rings is 1. The van der Waals surface area contributed by atoms with Gasteiger partial charge in [-0.3, -0.25) is 0 Å². The topological polar surface area (TPSA) is 32.3 Å². The molecule has 0 aliphatic carbocycles. The van der Waals surface area contributed by atoms with Crippen molar-refractivity contribution in [2.24, 2.45) is 0 Å². The molecule has 0 spiro atoms. The van der Waals surface area contributed by atoms with Gasteiger partial charge in [0.05, 0.1) is 0 Å². The molecular formula is C13H18F2N2OS. The number of aryl methyl sites for hydroxylation is 1. The van der Waals surface area contributed by atoms with Crippen LogP contribution in [0.2, 0.25) is 0 Å². The molecule has 0 bridgehead atoms. The van der Waals surface area contributed by atoms with E-state index < -0.39 is 5.92 Å². The molecule has 0 aromatic carbocycles. The first-order chi connectivity index (χ1) is 8.98. The molecule has 0 saturated carbocycles. The fourth-order valence-electron chi connectivity index (χ4n) is 2.09. The quantitative estimate of drug-likeness (QED) is 0.911. The molecule has 106 valence electrons. The van der Waals surface area contributed by atoms with Crippen LogP contribution in [0.15, 0.2) is 11.4 Å². The Kier molecular flexibility index (Phi) is 4.39. The Morgan fingerprint density at radius 1 is 1.47 bits per heavy atom. The number of hydrogen-bond acceptors (Lipinski definition) is 2. The molecule has 1 saturated heterocycles. The number of alkyl halides is 2. The zero-order chi connectivity index (χ0) is 13.9. The number of likely N-dealkylation sites (tertiary alicyclic amines) is 1. The summed E-state index contributed by atoms with van der Waals surface area (Å²) in [5, 5.41) is 4.82. The van der Waals surface area contributed by atoms with Gasteiger partial charge in [-0.25, -0.2) is 13.6 Å². The monoisotopic (exact) mass is 288 g/mol. The lowest BCUT2D eigenvalue weighted by molar-refractivity contribution is -0.0469. The minimum Gasteiger partial charge on any atom is -0.338 e. The second-order valence-electron chi connectivity index (χ2n) is 4.85. The first-order valence-corrected chi connectivity index (χ1v) is 7.29. The zero-order valence-corrected chi connectivity index (χ0v) is 11.7. The van der Waals surface area contributed by atoms with Crippen LogP contribution >= 0.6 is 11.3 Å². The highest BCUT2D eigenvalue weighted by molar-refractivity contribution is 7.10. The van der Waals surface area contributed by atoms with Crippen molar-refractivity contribution in [1.82, 2.24) is 10.2 Å². The minimum absolute atomic E-state index is 0.136. The number of nitrogens with one attached hydrogen (secondary N) is 1. The van der Waals surface area contributed by atoms with E-state index in [2.05, 4.69) is 11.4 Å². The van der Waals surface area contributed by atoms with Crippen LogP contribution in [0.4, 0.5) is 13.6 Å². The highest BCUT2D eigenvalue weighted by Crippen LogP contribution is 2.27. The van der Waals surface area contributed by atoms with Crippen LogP contribution in [0, 0.1) is 6.92 Å². The lowest BCUT2D eigenvalue weighted by Gasteiger charge is -2.31. The van der Waals surface area contributed by atoms with Crippen LogP contribution in [0.1, 0.15) is 23.3 Å². The largest absolute Gasteiger partial charge is 0.338 e. The smallest absolute Gasteiger partial charge is 0.317 e. The zero-order valence-electron chi connectivity index (χ0n) is 10.9. The molecule has 2 amide bonds. The fraction of sp³-hybridized carbons (Fsp3) is 0.615. The molecule has 2 rings (SSSR count). The molecule has 3 nitrogen and oxygen atoms in total. The Bertz CT molecular complexity index is 438. The summed E-state index contributed by atoms with van der Waals surface area (Å²) in [6.45, 7) is 2.86. The van der Waals surface area contributed by atoms with Gasteiger partial charge in [-0.1, -0.05) is 0 Å². The van der Waals surface area contributed by atoms with Crippen molar-refractivity contribution in [2.45, 2.75) is 32.1 Å². The number of hydrogen-bond donors (Lipinski definition) is 1. The van der Waals surface area contributed by atoms with Crippen LogP contribution in [0.3, 0.4) is 0 Å². The van der Waals surface area contributed by atoms with Gasteiger partial charge in [0.25, 0.3) is 5.92 Å². The Hall–Kier alpha value is -1.17. The SMILES string of the molecule is Cc1ccsc1CCNC(=O)N1CCC(F)(F)CC1. The molecule has 0 atom stereocenters. The van der Waals surface area contributed by atoms with E-state index in [1.54, 1.807) is 11.3 Å². The van der Waals surface area contributed by atoms with Gasteiger partial charge < -0.3 is 10.2 Å². The van der Waals surface area contributed by atoms with Crippen LogP contribution in [0.5, 0.6) is 0 Å². The van der Waals surface area contributed by atoms with E-state index >= 15 is 0 Å². The minimum atomic E-state index is -2.61. The molecule has 6 heteroatoms. The van der Waals surface area contributed by atoms with E-state index in [0.717, 1.165) is 6.42 Å². The average Bonchev–Trinajstić information content (AvgIpc) is 2.75. The van der Waals surface area contributed by atoms with Crippen molar-refractivity contribution >= 4 is 17.4 Å². The summed E-state index contributed by atoms with van der Waals surface area (Å²) < 4.78 is 25.9. The maximum Gasteiger partial charge on any atom is 0.317 e. The molecule has 1 N–H and O–H groups in total. The lowest BCUT2D eigenvalue weighted by atomic mass is 10.1. The summed E-state index contributed by atoms with van der Waals surface area (Å²) in [6.07, 6.45) is 0.328. The summed E-state index contributed by atoms with van der Waals surface area (Å²) in [4.78, 5) is 14.5. The number of nitrogens with zero attached hydrogens (tertiary/aromatic N) is 1. The molecule has 1 fully saturated rings. The number of rotatable bonds is 3. The van der Waals surface area contributed by atoms with E-state index in [0.29, 0.717) is 6.54 Å². The molecule has 1 aliphatic heterocycles. The molecule has 1 aromatic heterocycles. The molecule has 19 heavy (non-hydrogen) atoms. The van der Waals surface area contributed by atoms with Crippen LogP contribution in [-0.4, -0.2) is 36.5 Å². The van der Waals surface area contributed by atoms with Crippen LogP contribution in [-0.2, 0) is 6.42 Å². The van der Waals surface area contributed by atoms with E-state index in [1.807, 2.05) is 12.3 Å². The van der Waals surface area contributed by atoms with Gasteiger partial charge in [-0.05, 0) is 30.4 Å². The van der Waals surface area contributed by atoms with Gasteiger partial charge in [0.15, 0.2) is 0 Å². The number of thiophene rings is 1. The third-order valence-corrected chi connectivity index (χ3v) is 4.46. The second kappa shape index (κ2) is 5.86. The maximum atomic E-state index is 13.0. The fourth-order valence-corrected chi connectivity index (χ4v) is 3.00. The molecule has 2 heterocycles. The summed E-state index contributed by atoms with van der Waals surface area (Å²) in [5.41, 5.74) is 1.23. The predicted molar refractivity (Wildman–Crippen MR) is 71.9 cm³/mol. The van der Waals surface area contributed by atoms with Gasteiger partial charge in [0.2, 0.25) is 0 Å². The van der Waals surface area contributed by atoms with Gasteiger partial charge in [0.1, 0.15) is 0 Å². The first-order valence-electron chi connectivity index (χ1n) is 6.41. The highest BCUT2D eigenvalue weighted by Gasteiger charge is 2.35. The van der Waals surface area contributed by atoms with Crippen molar-refractivity contribution in [3.05, 3.63) is 21.9 Å². The molecule has 0 radical (unpaired) electrons. The standard InChI is InChI=1S/C13H18F2N2OS/c1-10-3-9-19-11(10)2-6-16-12(18)17-7-4-13(14,15)5-8-17/h3,9H,2,4-8H2,1H3,(H,16,18). The number of amides is 2. The molecule has 1 aromatic rings. The Morgan fingerprint density at radius 3 is 2.74 bits per heavy atom. The second-order valence-corrected chi connectivity index (χ2v) is 5.85. The Morgan fingerprint density at radius 2 is 2.16 bits per heavy atom. The Balaban J connectivity index is 1.72. The molecular weight excluding hydrogens is 270 g/mol. The van der Waals surface area contributed by atoms with Gasteiger partial charge in [-0.2, -0.15) is 0 Å². The highest BCUT2D eigenvalue weighted by atomic mass is 32.1. The molecule has 1 aliphatic rings. The normalized spacial score (nSPS) is 18.4. The van der Waals surface area contributed by atoms with E-state index in [9.17, 15) is 13.6 Å². The van der Waals surface area contributed by atoms with E-state index in [1.165, 1.54) is 15.3 Å². The van der Waals surface area contributed by atoms with Gasteiger partial charge in [0, 0.05) is 37.4 Å². The predicted octanol–water partition coefficient (Wildman–Crippen LogP) is 3.04. The number of urea groups is 1. The molecule has 0 unspecified atom stereocenters. The van der Waals surface area contributed by atoms with E-state index in [-0.39, 0.29) is 32.0 Å². The Labute approximate surface area is 115 Å². The van der Waals surface area contributed by atoms with Crippen molar-refractivity contribution in [1.29, 1.82) is 0 Å². The van der Waals surface area contributed by atoms with Gasteiger partial charge >= 0.3 is 6.03 Å². The average molecular weight is 288 g/mol. The number of carbonyl (C=O) groups excluding carboxylic acids is 1. The maximum absolute atomic E-state index is 13.0. The van der Waals surface area contributed by atoms with Crippen molar-refractivity contribution in [3.8, 4) is 0 Å². The van der Waals surface area contributed by atoms with Crippen molar-refractivity contribution in [2.75, 3.05) is 19.6 Å². The summed E-state index contributed by atoms with van der Waals surface area (Å²) in [7, 11) is 0. The third kappa shape index (κ3) is 3.89.